The van der Waals surface area contributed by atoms with E-state index in [0.717, 1.165) is 0 Å². The van der Waals surface area contributed by atoms with E-state index in [-0.39, 0.29) is 17.2 Å². The van der Waals surface area contributed by atoms with Crippen molar-refractivity contribution in [2.24, 2.45) is 0 Å². The molecule has 1 aromatic carbocycles. The highest BCUT2D eigenvalue weighted by Crippen LogP contribution is 2.23. The number of carbonyl (C=O) groups excluding carboxylic acids is 1. The molecule has 1 amide bonds. The molecule has 0 aliphatic carbocycles. The molecule has 0 aliphatic rings. The molecular formula is C13H12N2O4. The molecule has 1 heterocycles. The van der Waals surface area contributed by atoms with Crippen LogP contribution in [0.15, 0.2) is 36.5 Å². The average molecular weight is 260 g/mol. The molecule has 2 aromatic rings. The highest BCUT2D eigenvalue weighted by atomic mass is 16.5. The van der Waals surface area contributed by atoms with Crippen LogP contribution in [0.4, 0.5) is 5.69 Å². The lowest BCUT2D eigenvalue weighted by molar-refractivity contribution is 0.0693. The quantitative estimate of drug-likeness (QED) is 0.783. The van der Waals surface area contributed by atoms with Gasteiger partial charge in [0.2, 0.25) is 0 Å². The minimum Gasteiger partial charge on any atom is -0.496 e. The number of benzene rings is 1. The Morgan fingerprint density at radius 3 is 2.68 bits per heavy atom. The van der Waals surface area contributed by atoms with Crippen molar-refractivity contribution in [3.63, 3.8) is 0 Å². The molecule has 0 saturated heterocycles. The number of aromatic amines is 1. The van der Waals surface area contributed by atoms with E-state index in [1.165, 1.54) is 25.3 Å². The van der Waals surface area contributed by atoms with Gasteiger partial charge in [0.05, 0.1) is 7.11 Å². The number of H-pyrrole nitrogens is 1. The van der Waals surface area contributed by atoms with Gasteiger partial charge in [-0.3, -0.25) is 4.79 Å². The monoisotopic (exact) mass is 260 g/mol. The van der Waals surface area contributed by atoms with Crippen molar-refractivity contribution < 1.29 is 19.4 Å². The summed E-state index contributed by atoms with van der Waals surface area (Å²) in [5.41, 5.74) is 0.920. The van der Waals surface area contributed by atoms with Crippen LogP contribution in [0.1, 0.15) is 20.8 Å². The van der Waals surface area contributed by atoms with E-state index in [2.05, 4.69) is 10.3 Å². The Hall–Kier alpha value is -2.76. The SMILES string of the molecule is COc1cc(NC(=O)c2ccc[nH]2)ccc1C(=O)O. The molecule has 0 saturated carbocycles. The molecule has 1 aromatic heterocycles. The van der Waals surface area contributed by atoms with Crippen LogP contribution in [-0.4, -0.2) is 29.1 Å². The van der Waals surface area contributed by atoms with E-state index in [4.69, 9.17) is 9.84 Å². The predicted octanol–water partition coefficient (Wildman–Crippen LogP) is 1.97. The van der Waals surface area contributed by atoms with Crippen molar-refractivity contribution in [3.05, 3.63) is 47.8 Å². The molecule has 19 heavy (non-hydrogen) atoms. The minimum absolute atomic E-state index is 0.0420. The number of methoxy groups -OCH3 is 1. The number of aromatic nitrogens is 1. The zero-order valence-corrected chi connectivity index (χ0v) is 10.1. The second-order valence-electron chi connectivity index (χ2n) is 3.76. The molecule has 3 N–H and O–H groups in total. The number of carboxylic acids is 1. The van der Waals surface area contributed by atoms with Crippen LogP contribution in [0.5, 0.6) is 5.75 Å². The first-order valence-electron chi connectivity index (χ1n) is 5.48. The number of nitrogens with one attached hydrogen (secondary N) is 2. The van der Waals surface area contributed by atoms with Crippen molar-refractivity contribution in [1.82, 2.24) is 4.98 Å². The van der Waals surface area contributed by atoms with E-state index in [1.807, 2.05) is 0 Å². The Morgan fingerprint density at radius 2 is 2.11 bits per heavy atom. The number of rotatable bonds is 4. The summed E-state index contributed by atoms with van der Waals surface area (Å²) in [4.78, 5) is 25.5. The lowest BCUT2D eigenvalue weighted by Crippen LogP contribution is -2.12. The Labute approximate surface area is 109 Å². The van der Waals surface area contributed by atoms with Crippen LogP contribution < -0.4 is 10.1 Å². The van der Waals surface area contributed by atoms with Crippen LogP contribution in [-0.2, 0) is 0 Å². The maximum absolute atomic E-state index is 11.8. The van der Waals surface area contributed by atoms with Crippen molar-refractivity contribution in [1.29, 1.82) is 0 Å². The van der Waals surface area contributed by atoms with Crippen LogP contribution in [0.25, 0.3) is 0 Å². The standard InChI is InChI=1S/C13H12N2O4/c1-19-11-7-8(4-5-9(11)13(17)18)15-12(16)10-3-2-6-14-10/h2-7,14H,1H3,(H,15,16)(H,17,18). The fourth-order valence-electron chi connectivity index (χ4n) is 1.62. The Bertz CT molecular complexity index is 605. The van der Waals surface area contributed by atoms with Gasteiger partial charge >= 0.3 is 5.97 Å². The van der Waals surface area contributed by atoms with Crippen LogP contribution in [0.2, 0.25) is 0 Å². The summed E-state index contributed by atoms with van der Waals surface area (Å²) in [5, 5.41) is 11.6. The number of carbonyl (C=O) groups is 2. The Morgan fingerprint density at radius 1 is 1.32 bits per heavy atom. The lowest BCUT2D eigenvalue weighted by atomic mass is 10.2. The molecule has 6 nitrogen and oxygen atoms in total. The number of hydrogen-bond acceptors (Lipinski definition) is 3. The van der Waals surface area contributed by atoms with Gasteiger partial charge in [-0.25, -0.2) is 4.79 Å². The average Bonchev–Trinajstić information content (AvgIpc) is 2.92. The second kappa shape index (κ2) is 5.26. The maximum Gasteiger partial charge on any atom is 0.339 e. The molecule has 2 rings (SSSR count). The van der Waals surface area contributed by atoms with Gasteiger partial charge in [0.1, 0.15) is 17.0 Å². The molecule has 0 fully saturated rings. The fraction of sp³-hybridized carbons (Fsp3) is 0.0769. The van der Waals surface area contributed by atoms with Gasteiger partial charge in [-0.15, -0.1) is 0 Å². The third-order valence-electron chi connectivity index (χ3n) is 2.53. The number of anilines is 1. The molecule has 0 atom stereocenters. The molecule has 0 radical (unpaired) electrons. The largest absolute Gasteiger partial charge is 0.496 e. The fourth-order valence-corrected chi connectivity index (χ4v) is 1.62. The molecule has 98 valence electrons. The summed E-state index contributed by atoms with van der Waals surface area (Å²) in [5.74, 6) is -1.20. The molecule has 6 heteroatoms. The highest BCUT2D eigenvalue weighted by Gasteiger charge is 2.13. The third-order valence-corrected chi connectivity index (χ3v) is 2.53. The highest BCUT2D eigenvalue weighted by molar-refractivity contribution is 6.03. The van der Waals surface area contributed by atoms with Gasteiger partial charge in [-0.1, -0.05) is 0 Å². The lowest BCUT2D eigenvalue weighted by Gasteiger charge is -2.08. The summed E-state index contributed by atoms with van der Waals surface area (Å²) >= 11 is 0. The van der Waals surface area contributed by atoms with E-state index in [1.54, 1.807) is 18.3 Å². The zero-order chi connectivity index (χ0) is 13.8. The summed E-state index contributed by atoms with van der Waals surface area (Å²) in [7, 11) is 1.37. The summed E-state index contributed by atoms with van der Waals surface area (Å²) < 4.78 is 4.98. The Balaban J connectivity index is 2.22. The van der Waals surface area contributed by atoms with Gasteiger partial charge in [0.15, 0.2) is 0 Å². The summed E-state index contributed by atoms with van der Waals surface area (Å²) in [6, 6.07) is 7.70. The second-order valence-corrected chi connectivity index (χ2v) is 3.76. The van der Waals surface area contributed by atoms with Crippen LogP contribution >= 0.6 is 0 Å². The van der Waals surface area contributed by atoms with Crippen molar-refractivity contribution in [2.45, 2.75) is 0 Å². The zero-order valence-electron chi connectivity index (χ0n) is 10.1. The van der Waals surface area contributed by atoms with Gasteiger partial charge in [-0.05, 0) is 24.3 Å². The number of hydrogen-bond donors (Lipinski definition) is 3. The molecular weight excluding hydrogens is 248 g/mol. The predicted molar refractivity (Wildman–Crippen MR) is 68.7 cm³/mol. The van der Waals surface area contributed by atoms with E-state index < -0.39 is 5.97 Å². The van der Waals surface area contributed by atoms with E-state index in [0.29, 0.717) is 11.4 Å². The molecule has 0 bridgehead atoms. The number of carboxylic acid groups (broad SMARTS) is 1. The van der Waals surface area contributed by atoms with Crippen molar-refractivity contribution in [2.75, 3.05) is 12.4 Å². The van der Waals surface area contributed by atoms with E-state index >= 15 is 0 Å². The van der Waals surface area contributed by atoms with Gasteiger partial charge in [0.25, 0.3) is 5.91 Å². The first-order chi connectivity index (χ1) is 9.11. The third kappa shape index (κ3) is 2.74. The number of aromatic carboxylic acids is 1. The Kier molecular flexibility index (Phi) is 3.51. The first kappa shape index (κ1) is 12.7. The normalized spacial score (nSPS) is 9.95. The maximum atomic E-state index is 11.8. The smallest absolute Gasteiger partial charge is 0.339 e. The van der Waals surface area contributed by atoms with Crippen LogP contribution in [0, 0.1) is 0 Å². The van der Waals surface area contributed by atoms with Crippen molar-refractivity contribution in [3.8, 4) is 5.75 Å². The molecule has 0 aliphatic heterocycles. The number of amides is 1. The minimum atomic E-state index is -1.08. The molecule has 0 spiro atoms. The van der Waals surface area contributed by atoms with Crippen LogP contribution in [0.3, 0.4) is 0 Å². The van der Waals surface area contributed by atoms with Crippen molar-refractivity contribution >= 4 is 17.6 Å². The summed E-state index contributed by atoms with van der Waals surface area (Å²) in [6.45, 7) is 0. The molecule has 0 unspecified atom stereocenters. The van der Waals surface area contributed by atoms with E-state index in [9.17, 15) is 9.59 Å². The van der Waals surface area contributed by atoms with Gasteiger partial charge in [-0.2, -0.15) is 0 Å². The number of ether oxygens (including phenoxy) is 1. The van der Waals surface area contributed by atoms with Gasteiger partial charge in [0, 0.05) is 18.0 Å². The first-order valence-corrected chi connectivity index (χ1v) is 5.48. The van der Waals surface area contributed by atoms with Gasteiger partial charge < -0.3 is 20.1 Å². The summed E-state index contributed by atoms with van der Waals surface area (Å²) in [6.07, 6.45) is 1.64. The topological polar surface area (TPSA) is 91.4 Å².